The molecule has 2 aromatic rings. The van der Waals surface area contributed by atoms with Gasteiger partial charge in [0.25, 0.3) is 11.6 Å². The third kappa shape index (κ3) is 1.85. The number of carbonyl (C=O) groups excluding carboxylic acids is 1. The maximum atomic E-state index is 12.0. The first kappa shape index (κ1) is 12.1. The molecule has 0 bridgehead atoms. The first-order valence-electron chi connectivity index (χ1n) is 5.85. The summed E-state index contributed by atoms with van der Waals surface area (Å²) >= 11 is 0. The van der Waals surface area contributed by atoms with Crippen LogP contribution in [-0.2, 0) is 11.8 Å². The van der Waals surface area contributed by atoms with E-state index in [0.717, 1.165) is 11.9 Å². The fourth-order valence-corrected chi connectivity index (χ4v) is 2.07. The second-order valence-electron chi connectivity index (χ2n) is 4.40. The summed E-state index contributed by atoms with van der Waals surface area (Å²) in [5.74, 6) is 0.0373. The lowest BCUT2D eigenvalue weighted by Gasteiger charge is -2.00. The van der Waals surface area contributed by atoms with Crippen LogP contribution in [0.25, 0.3) is 11.6 Å². The summed E-state index contributed by atoms with van der Waals surface area (Å²) in [7, 11) is 1.85. The van der Waals surface area contributed by atoms with Gasteiger partial charge in [0.1, 0.15) is 12.0 Å². The van der Waals surface area contributed by atoms with Gasteiger partial charge in [-0.05, 0) is 18.2 Å². The summed E-state index contributed by atoms with van der Waals surface area (Å²) in [4.78, 5) is 26.1. The van der Waals surface area contributed by atoms with Crippen molar-refractivity contribution in [1.82, 2.24) is 9.55 Å². The second-order valence-corrected chi connectivity index (χ2v) is 4.40. The van der Waals surface area contributed by atoms with Gasteiger partial charge in [0.05, 0.1) is 10.5 Å². The number of nitrogens with one attached hydrogen (secondary N) is 1. The van der Waals surface area contributed by atoms with Gasteiger partial charge in [0.15, 0.2) is 0 Å². The number of hydrogen-bond donors (Lipinski definition) is 1. The van der Waals surface area contributed by atoms with E-state index in [9.17, 15) is 14.9 Å². The van der Waals surface area contributed by atoms with Crippen molar-refractivity contribution in [3.63, 3.8) is 0 Å². The number of rotatable bonds is 2. The molecule has 1 N–H and O–H groups in total. The fraction of sp³-hybridized carbons (Fsp3) is 0.0769. The number of nitro groups is 1. The molecule has 1 aliphatic heterocycles. The highest BCUT2D eigenvalue weighted by Crippen LogP contribution is 2.33. The molecule has 0 unspecified atom stereocenters. The van der Waals surface area contributed by atoms with E-state index in [2.05, 4.69) is 10.3 Å². The number of hydrogen-bond acceptors (Lipinski definition) is 4. The summed E-state index contributed by atoms with van der Waals surface area (Å²) in [6.45, 7) is 0. The molecule has 3 rings (SSSR count). The Balaban J connectivity index is 2.13. The Morgan fingerprint density at radius 1 is 1.50 bits per heavy atom. The highest BCUT2D eigenvalue weighted by molar-refractivity contribution is 6.34. The maximum Gasteiger partial charge on any atom is 0.288 e. The average Bonchev–Trinajstić information content (AvgIpc) is 2.94. The van der Waals surface area contributed by atoms with E-state index >= 15 is 0 Å². The van der Waals surface area contributed by atoms with E-state index in [4.69, 9.17) is 0 Å². The molecule has 0 aromatic carbocycles. The van der Waals surface area contributed by atoms with Crippen LogP contribution in [0.2, 0.25) is 0 Å². The zero-order valence-corrected chi connectivity index (χ0v) is 10.5. The van der Waals surface area contributed by atoms with Crippen molar-refractivity contribution in [1.29, 1.82) is 0 Å². The minimum atomic E-state index is -0.532. The predicted molar refractivity (Wildman–Crippen MR) is 72.8 cm³/mol. The Morgan fingerprint density at radius 3 is 2.95 bits per heavy atom. The number of aromatic nitrogens is 2. The SMILES string of the molecule is Cn1cccc1C=C1C(=O)Nc2ncc([N+](=O)[O-])cc21. The minimum Gasteiger partial charge on any atom is -0.351 e. The van der Waals surface area contributed by atoms with Gasteiger partial charge < -0.3 is 9.88 Å². The van der Waals surface area contributed by atoms with Crippen molar-refractivity contribution in [2.45, 2.75) is 0 Å². The largest absolute Gasteiger partial charge is 0.351 e. The normalized spacial score (nSPS) is 15.2. The van der Waals surface area contributed by atoms with Gasteiger partial charge in [0, 0.05) is 30.6 Å². The molecular formula is C13H10N4O3. The molecule has 100 valence electrons. The average molecular weight is 270 g/mol. The molecule has 7 nitrogen and oxygen atoms in total. The molecule has 0 radical (unpaired) electrons. The number of fused-ring (bicyclic) bond motifs is 1. The third-order valence-electron chi connectivity index (χ3n) is 3.13. The van der Waals surface area contributed by atoms with Crippen LogP contribution in [0.4, 0.5) is 11.5 Å². The van der Waals surface area contributed by atoms with E-state index in [1.807, 2.05) is 29.9 Å². The lowest BCUT2D eigenvalue weighted by atomic mass is 10.1. The number of nitrogens with zero attached hydrogens (tertiary/aromatic N) is 3. The number of aryl methyl sites for hydroxylation is 1. The Bertz CT molecular complexity index is 761. The van der Waals surface area contributed by atoms with Crippen LogP contribution in [0.3, 0.4) is 0 Å². The van der Waals surface area contributed by atoms with E-state index in [1.54, 1.807) is 6.08 Å². The topological polar surface area (TPSA) is 90.1 Å². The van der Waals surface area contributed by atoms with Crippen molar-refractivity contribution in [3.8, 4) is 0 Å². The quantitative estimate of drug-likeness (QED) is 0.512. The summed E-state index contributed by atoms with van der Waals surface area (Å²) in [6, 6.07) is 5.06. The van der Waals surface area contributed by atoms with E-state index in [0.29, 0.717) is 17.0 Å². The van der Waals surface area contributed by atoms with Gasteiger partial charge >= 0.3 is 0 Å². The van der Waals surface area contributed by atoms with Crippen LogP contribution in [0.5, 0.6) is 0 Å². The highest BCUT2D eigenvalue weighted by Gasteiger charge is 2.27. The molecule has 0 spiro atoms. The van der Waals surface area contributed by atoms with Crippen LogP contribution < -0.4 is 5.32 Å². The lowest BCUT2D eigenvalue weighted by Crippen LogP contribution is -2.04. The molecule has 20 heavy (non-hydrogen) atoms. The molecule has 7 heteroatoms. The van der Waals surface area contributed by atoms with Gasteiger partial charge in [-0.15, -0.1) is 0 Å². The monoisotopic (exact) mass is 270 g/mol. The number of carbonyl (C=O) groups is 1. The minimum absolute atomic E-state index is 0.141. The summed E-state index contributed by atoms with van der Waals surface area (Å²) < 4.78 is 1.85. The zero-order valence-electron chi connectivity index (χ0n) is 10.5. The second kappa shape index (κ2) is 4.30. The Hall–Kier alpha value is -2.96. The van der Waals surface area contributed by atoms with E-state index in [-0.39, 0.29) is 11.6 Å². The molecule has 0 atom stereocenters. The Labute approximate surface area is 113 Å². The summed E-state index contributed by atoms with van der Waals surface area (Å²) in [6.07, 6.45) is 4.67. The van der Waals surface area contributed by atoms with Crippen molar-refractivity contribution in [2.75, 3.05) is 5.32 Å². The van der Waals surface area contributed by atoms with Crippen molar-refractivity contribution >= 4 is 29.1 Å². The molecule has 0 aliphatic carbocycles. The highest BCUT2D eigenvalue weighted by atomic mass is 16.6. The standard InChI is InChI=1S/C13H10N4O3/c1-16-4-2-3-8(16)5-11-10-6-9(17(19)20)7-14-12(10)15-13(11)18/h2-7H,1H3,(H,14,15,18). The molecule has 2 aromatic heterocycles. The van der Waals surface area contributed by atoms with Gasteiger partial charge in [-0.25, -0.2) is 4.98 Å². The number of amides is 1. The molecule has 0 fully saturated rings. The van der Waals surface area contributed by atoms with Crippen molar-refractivity contribution < 1.29 is 9.72 Å². The van der Waals surface area contributed by atoms with Gasteiger partial charge in [0.2, 0.25) is 0 Å². The third-order valence-corrected chi connectivity index (χ3v) is 3.13. The van der Waals surface area contributed by atoms with Gasteiger partial charge in [-0.1, -0.05) is 0 Å². The molecule has 1 amide bonds. The smallest absolute Gasteiger partial charge is 0.288 e. The van der Waals surface area contributed by atoms with Gasteiger partial charge in [-0.2, -0.15) is 0 Å². The van der Waals surface area contributed by atoms with Crippen LogP contribution >= 0.6 is 0 Å². The molecule has 3 heterocycles. The van der Waals surface area contributed by atoms with Crippen LogP contribution in [0.1, 0.15) is 11.3 Å². The Kier molecular flexibility index (Phi) is 2.60. The van der Waals surface area contributed by atoms with Crippen LogP contribution in [0.15, 0.2) is 30.6 Å². The Morgan fingerprint density at radius 2 is 2.30 bits per heavy atom. The fourth-order valence-electron chi connectivity index (χ4n) is 2.07. The maximum absolute atomic E-state index is 12.0. The van der Waals surface area contributed by atoms with Gasteiger partial charge in [-0.3, -0.25) is 14.9 Å². The zero-order chi connectivity index (χ0) is 14.3. The summed E-state index contributed by atoms with van der Waals surface area (Å²) in [5.41, 5.74) is 1.51. The van der Waals surface area contributed by atoms with Crippen molar-refractivity contribution in [3.05, 3.63) is 52.0 Å². The molecular weight excluding hydrogens is 260 g/mol. The van der Waals surface area contributed by atoms with E-state index < -0.39 is 4.92 Å². The predicted octanol–water partition coefficient (Wildman–Crippen LogP) is 1.82. The lowest BCUT2D eigenvalue weighted by molar-refractivity contribution is -0.385. The van der Waals surface area contributed by atoms with Crippen molar-refractivity contribution in [2.24, 2.45) is 7.05 Å². The van der Waals surface area contributed by atoms with Crippen LogP contribution in [-0.4, -0.2) is 20.4 Å². The first-order chi connectivity index (χ1) is 9.56. The molecule has 0 saturated carbocycles. The number of anilines is 1. The molecule has 1 aliphatic rings. The van der Waals surface area contributed by atoms with E-state index in [1.165, 1.54) is 6.07 Å². The van der Waals surface area contributed by atoms with Crippen LogP contribution in [0, 0.1) is 10.1 Å². The molecule has 0 saturated heterocycles. The number of pyridine rings is 1. The summed E-state index contributed by atoms with van der Waals surface area (Å²) in [5, 5.41) is 13.4. The first-order valence-corrected chi connectivity index (χ1v) is 5.85.